The molecule has 0 saturated carbocycles. The van der Waals surface area contributed by atoms with E-state index < -0.39 is 0 Å². The molecule has 6 heteroatoms. The Labute approximate surface area is 136 Å². The number of hydrogen-bond acceptors (Lipinski definition) is 5. The van der Waals surface area contributed by atoms with Gasteiger partial charge in [0.25, 0.3) is 5.91 Å². The van der Waals surface area contributed by atoms with Crippen LogP contribution in [-0.2, 0) is 16.1 Å². The molecule has 1 aromatic rings. The number of carbonyl (C=O) groups excluding carboxylic acids is 1. The highest BCUT2D eigenvalue weighted by atomic mass is 32.1. The Bertz CT molecular complexity index is 472. The predicted octanol–water partition coefficient (Wildman–Crippen LogP) is 1.11. The minimum absolute atomic E-state index is 0.172. The number of amides is 1. The van der Waals surface area contributed by atoms with Crippen molar-refractivity contribution in [2.45, 2.75) is 19.6 Å². The first-order valence-electron chi connectivity index (χ1n) is 8.12. The van der Waals surface area contributed by atoms with Crippen LogP contribution in [0.2, 0.25) is 0 Å². The summed E-state index contributed by atoms with van der Waals surface area (Å²) in [6, 6.07) is 2.15. The fourth-order valence-corrected chi connectivity index (χ4v) is 3.78. The van der Waals surface area contributed by atoms with Crippen LogP contribution >= 0.6 is 11.3 Å². The highest BCUT2D eigenvalue weighted by molar-refractivity contribution is 7.07. The van der Waals surface area contributed by atoms with Crippen LogP contribution in [0.25, 0.3) is 0 Å². The lowest BCUT2D eigenvalue weighted by atomic mass is 10.2. The summed E-state index contributed by atoms with van der Waals surface area (Å²) in [4.78, 5) is 19.3. The van der Waals surface area contributed by atoms with Crippen molar-refractivity contribution >= 4 is 17.2 Å². The number of ether oxygens (including phenoxy) is 1. The third-order valence-electron chi connectivity index (χ3n) is 4.54. The van der Waals surface area contributed by atoms with Gasteiger partial charge in [-0.3, -0.25) is 9.69 Å². The fourth-order valence-electron chi connectivity index (χ4n) is 3.12. The average molecular weight is 323 g/mol. The molecule has 5 nitrogen and oxygen atoms in total. The van der Waals surface area contributed by atoms with E-state index in [1.165, 1.54) is 5.56 Å². The minimum Gasteiger partial charge on any atom is -0.366 e. The van der Waals surface area contributed by atoms with Crippen LogP contribution in [0.4, 0.5) is 0 Å². The van der Waals surface area contributed by atoms with Crippen LogP contribution in [0, 0.1) is 0 Å². The number of piperazine rings is 1. The second-order valence-electron chi connectivity index (χ2n) is 5.99. The zero-order chi connectivity index (χ0) is 15.4. The zero-order valence-electron chi connectivity index (χ0n) is 13.2. The molecule has 0 radical (unpaired) electrons. The van der Waals surface area contributed by atoms with Gasteiger partial charge in [0.05, 0.1) is 6.61 Å². The predicted molar refractivity (Wildman–Crippen MR) is 88.0 cm³/mol. The van der Waals surface area contributed by atoms with E-state index in [4.69, 9.17) is 4.74 Å². The van der Waals surface area contributed by atoms with Gasteiger partial charge in [-0.25, -0.2) is 0 Å². The Balaban J connectivity index is 1.52. The number of morpholine rings is 1. The summed E-state index contributed by atoms with van der Waals surface area (Å²) in [7, 11) is 0. The van der Waals surface area contributed by atoms with Crippen molar-refractivity contribution < 1.29 is 9.53 Å². The molecule has 1 atom stereocenters. The Morgan fingerprint density at radius 1 is 1.27 bits per heavy atom. The number of nitrogens with zero attached hydrogens (tertiary/aromatic N) is 3. The molecular formula is C16H25N3O2S. The molecule has 2 saturated heterocycles. The first kappa shape index (κ1) is 15.9. The van der Waals surface area contributed by atoms with E-state index in [9.17, 15) is 4.79 Å². The van der Waals surface area contributed by atoms with E-state index in [-0.39, 0.29) is 12.0 Å². The third-order valence-corrected chi connectivity index (χ3v) is 5.28. The van der Waals surface area contributed by atoms with Gasteiger partial charge in [-0.05, 0) is 28.9 Å². The van der Waals surface area contributed by atoms with Gasteiger partial charge in [-0.15, -0.1) is 0 Å². The van der Waals surface area contributed by atoms with E-state index in [0.29, 0.717) is 13.2 Å². The monoisotopic (exact) mass is 323 g/mol. The smallest absolute Gasteiger partial charge is 0.253 e. The molecule has 0 aromatic carbocycles. The van der Waals surface area contributed by atoms with Gasteiger partial charge >= 0.3 is 0 Å². The maximum Gasteiger partial charge on any atom is 0.253 e. The molecule has 122 valence electrons. The van der Waals surface area contributed by atoms with Crippen molar-refractivity contribution in [2.75, 3.05) is 52.4 Å². The molecule has 1 amide bonds. The molecule has 0 aliphatic carbocycles. The van der Waals surface area contributed by atoms with E-state index in [0.717, 1.165) is 45.8 Å². The Morgan fingerprint density at radius 3 is 2.77 bits per heavy atom. The van der Waals surface area contributed by atoms with Crippen LogP contribution in [-0.4, -0.2) is 79.1 Å². The van der Waals surface area contributed by atoms with Gasteiger partial charge in [0.2, 0.25) is 0 Å². The molecule has 1 unspecified atom stereocenters. The van der Waals surface area contributed by atoms with Crippen LogP contribution in [0.15, 0.2) is 16.8 Å². The van der Waals surface area contributed by atoms with Crippen LogP contribution in [0.5, 0.6) is 0 Å². The number of carbonyl (C=O) groups is 1. The summed E-state index contributed by atoms with van der Waals surface area (Å²) < 4.78 is 5.75. The van der Waals surface area contributed by atoms with Gasteiger partial charge in [0.1, 0.15) is 6.10 Å². The largest absolute Gasteiger partial charge is 0.366 e. The number of likely N-dealkylation sites (N-methyl/N-ethyl adjacent to an activating group) is 1. The molecule has 1 aromatic heterocycles. The average Bonchev–Trinajstić information content (AvgIpc) is 3.07. The second-order valence-corrected chi connectivity index (χ2v) is 6.77. The number of hydrogen-bond donors (Lipinski definition) is 0. The maximum atomic E-state index is 12.7. The normalized spacial score (nSPS) is 24.6. The molecule has 22 heavy (non-hydrogen) atoms. The lowest BCUT2D eigenvalue weighted by Gasteiger charge is -2.38. The lowest BCUT2D eigenvalue weighted by molar-refractivity contribution is -0.151. The highest BCUT2D eigenvalue weighted by Crippen LogP contribution is 2.15. The van der Waals surface area contributed by atoms with Crippen molar-refractivity contribution in [1.29, 1.82) is 0 Å². The SMILES string of the molecule is CCN1CCN(C(=O)C2CN(Cc3ccsc3)CCO2)CC1. The molecule has 0 N–H and O–H groups in total. The fraction of sp³-hybridized carbons (Fsp3) is 0.688. The third kappa shape index (κ3) is 3.87. The van der Waals surface area contributed by atoms with E-state index in [1.807, 2.05) is 4.90 Å². The minimum atomic E-state index is -0.291. The number of rotatable bonds is 4. The van der Waals surface area contributed by atoms with Crippen molar-refractivity contribution in [3.8, 4) is 0 Å². The van der Waals surface area contributed by atoms with Crippen LogP contribution < -0.4 is 0 Å². The molecule has 3 heterocycles. The van der Waals surface area contributed by atoms with Crippen molar-refractivity contribution in [3.63, 3.8) is 0 Å². The first-order chi connectivity index (χ1) is 10.8. The summed E-state index contributed by atoms with van der Waals surface area (Å²) >= 11 is 1.72. The van der Waals surface area contributed by atoms with Gasteiger partial charge in [0, 0.05) is 45.8 Å². The van der Waals surface area contributed by atoms with Gasteiger partial charge in [-0.1, -0.05) is 6.92 Å². The zero-order valence-corrected chi connectivity index (χ0v) is 14.1. The Morgan fingerprint density at radius 2 is 2.09 bits per heavy atom. The Hall–Kier alpha value is -0.950. The van der Waals surface area contributed by atoms with E-state index in [2.05, 4.69) is 33.6 Å². The van der Waals surface area contributed by atoms with Crippen LogP contribution in [0.1, 0.15) is 12.5 Å². The molecule has 2 aliphatic rings. The molecule has 2 fully saturated rings. The van der Waals surface area contributed by atoms with Crippen LogP contribution in [0.3, 0.4) is 0 Å². The second kappa shape index (κ2) is 7.55. The highest BCUT2D eigenvalue weighted by Gasteiger charge is 2.31. The van der Waals surface area contributed by atoms with E-state index in [1.54, 1.807) is 11.3 Å². The number of thiophene rings is 1. The molecule has 3 rings (SSSR count). The Kier molecular flexibility index (Phi) is 5.46. The molecule has 2 aliphatic heterocycles. The van der Waals surface area contributed by atoms with Crippen molar-refractivity contribution in [1.82, 2.24) is 14.7 Å². The van der Waals surface area contributed by atoms with Gasteiger partial charge in [-0.2, -0.15) is 11.3 Å². The van der Waals surface area contributed by atoms with E-state index >= 15 is 0 Å². The summed E-state index contributed by atoms with van der Waals surface area (Å²) in [5.74, 6) is 0.172. The van der Waals surface area contributed by atoms with Crippen molar-refractivity contribution in [2.24, 2.45) is 0 Å². The summed E-state index contributed by atoms with van der Waals surface area (Å²) in [6.07, 6.45) is -0.291. The molecular weight excluding hydrogens is 298 g/mol. The summed E-state index contributed by atoms with van der Waals surface area (Å²) in [6.45, 7) is 10.0. The first-order valence-corrected chi connectivity index (χ1v) is 9.06. The maximum absolute atomic E-state index is 12.7. The van der Waals surface area contributed by atoms with Gasteiger partial charge in [0.15, 0.2) is 0 Å². The topological polar surface area (TPSA) is 36.0 Å². The lowest BCUT2D eigenvalue weighted by Crippen LogP contribution is -2.55. The summed E-state index contributed by atoms with van der Waals surface area (Å²) in [5, 5.41) is 4.28. The summed E-state index contributed by atoms with van der Waals surface area (Å²) in [5.41, 5.74) is 1.33. The standard InChI is InChI=1S/C16H25N3O2S/c1-2-17-4-6-19(7-5-17)16(20)15-12-18(8-9-21-15)11-14-3-10-22-13-14/h3,10,13,15H,2,4-9,11-12H2,1H3. The quantitative estimate of drug-likeness (QED) is 0.832. The molecule has 0 bridgehead atoms. The van der Waals surface area contributed by atoms with Gasteiger partial charge < -0.3 is 14.5 Å². The molecule has 0 spiro atoms. The van der Waals surface area contributed by atoms with Crippen molar-refractivity contribution in [3.05, 3.63) is 22.4 Å².